The Labute approximate surface area is 96.0 Å². The Balaban J connectivity index is 2.26. The first-order valence-electron chi connectivity index (χ1n) is 5.43. The van der Waals surface area contributed by atoms with Gasteiger partial charge in [0.25, 0.3) is 0 Å². The maximum atomic E-state index is 6.20. The molecule has 1 aliphatic rings. The summed E-state index contributed by atoms with van der Waals surface area (Å²) in [7, 11) is 2.10. The molecule has 0 saturated carbocycles. The summed E-state index contributed by atoms with van der Waals surface area (Å²) in [6.45, 7) is 1.84. The molecule has 1 aliphatic heterocycles. The smallest absolute Gasteiger partial charge is 0.0642 e. The van der Waals surface area contributed by atoms with Crippen molar-refractivity contribution in [3.63, 3.8) is 0 Å². The van der Waals surface area contributed by atoms with Gasteiger partial charge < -0.3 is 10.6 Å². The van der Waals surface area contributed by atoms with Crippen molar-refractivity contribution in [1.29, 1.82) is 0 Å². The van der Waals surface area contributed by atoms with Gasteiger partial charge in [-0.25, -0.2) is 0 Å². The molecule has 1 unspecified atom stereocenters. The van der Waals surface area contributed by atoms with Gasteiger partial charge in [-0.2, -0.15) is 0 Å². The summed E-state index contributed by atoms with van der Waals surface area (Å²) in [6, 6.07) is 6.18. The molecule has 2 rings (SSSR count). The minimum Gasteiger partial charge on any atom is -0.373 e. The Morgan fingerprint density at radius 2 is 2.33 bits per heavy atom. The predicted octanol–water partition coefficient (Wildman–Crippen LogP) is 2.61. The second-order valence-electron chi connectivity index (χ2n) is 4.19. The first kappa shape index (κ1) is 10.8. The Hall–Kier alpha value is -0.730. The fourth-order valence-corrected chi connectivity index (χ4v) is 2.72. The number of halogens is 1. The number of rotatable bonds is 3. The van der Waals surface area contributed by atoms with Crippen molar-refractivity contribution >= 4 is 17.3 Å². The van der Waals surface area contributed by atoms with Gasteiger partial charge >= 0.3 is 0 Å². The monoisotopic (exact) mass is 224 g/mol. The van der Waals surface area contributed by atoms with Crippen molar-refractivity contribution in [2.75, 3.05) is 25.0 Å². The number of anilines is 1. The van der Waals surface area contributed by atoms with Gasteiger partial charge in [0.15, 0.2) is 0 Å². The molecular weight excluding hydrogens is 208 g/mol. The molecule has 0 amide bonds. The van der Waals surface area contributed by atoms with Crippen LogP contribution in [0.25, 0.3) is 0 Å². The molecule has 0 spiro atoms. The van der Waals surface area contributed by atoms with E-state index in [-0.39, 0.29) is 0 Å². The van der Waals surface area contributed by atoms with Gasteiger partial charge in [-0.1, -0.05) is 23.7 Å². The number of nitrogens with zero attached hydrogens (tertiary/aromatic N) is 1. The number of para-hydroxylation sites is 1. The third kappa shape index (κ3) is 1.97. The van der Waals surface area contributed by atoms with Crippen LogP contribution in [-0.2, 0) is 0 Å². The van der Waals surface area contributed by atoms with E-state index < -0.39 is 0 Å². The minimum absolute atomic E-state index is 0.604. The maximum Gasteiger partial charge on any atom is 0.0642 e. The molecule has 1 aromatic rings. The first-order valence-corrected chi connectivity index (χ1v) is 5.81. The van der Waals surface area contributed by atoms with Crippen molar-refractivity contribution in [2.24, 2.45) is 5.73 Å². The van der Waals surface area contributed by atoms with Crippen LogP contribution in [0.15, 0.2) is 18.2 Å². The summed E-state index contributed by atoms with van der Waals surface area (Å²) in [5, 5.41) is 0.866. The standard InChI is InChI=1S/C12H17ClN2/c1-15-8-9(4-3-7-14)10-5-2-6-11(13)12(10)15/h2,5-6,9H,3-4,7-8,14H2,1H3. The van der Waals surface area contributed by atoms with Gasteiger partial charge in [-0.15, -0.1) is 0 Å². The summed E-state index contributed by atoms with van der Waals surface area (Å²) in [6.07, 6.45) is 2.25. The van der Waals surface area contributed by atoms with Crippen LogP contribution in [0.4, 0.5) is 5.69 Å². The summed E-state index contributed by atoms with van der Waals surface area (Å²) in [5.74, 6) is 0.604. The Kier molecular flexibility index (Phi) is 3.17. The summed E-state index contributed by atoms with van der Waals surface area (Å²) in [5.41, 5.74) is 8.15. The molecule has 82 valence electrons. The van der Waals surface area contributed by atoms with Crippen LogP contribution in [0.3, 0.4) is 0 Å². The Bertz CT molecular complexity index is 351. The maximum absolute atomic E-state index is 6.20. The highest BCUT2D eigenvalue weighted by Gasteiger charge is 2.27. The molecule has 0 fully saturated rings. The van der Waals surface area contributed by atoms with Gasteiger partial charge in [0.05, 0.1) is 10.7 Å². The average Bonchev–Trinajstić information content (AvgIpc) is 2.54. The van der Waals surface area contributed by atoms with E-state index >= 15 is 0 Å². The molecule has 2 N–H and O–H groups in total. The third-order valence-electron chi connectivity index (χ3n) is 3.09. The highest BCUT2D eigenvalue weighted by atomic mass is 35.5. The van der Waals surface area contributed by atoms with Gasteiger partial charge in [0.1, 0.15) is 0 Å². The Morgan fingerprint density at radius 1 is 1.53 bits per heavy atom. The van der Waals surface area contributed by atoms with Crippen molar-refractivity contribution in [3.05, 3.63) is 28.8 Å². The van der Waals surface area contributed by atoms with E-state index in [0.29, 0.717) is 5.92 Å². The van der Waals surface area contributed by atoms with Crippen LogP contribution in [0.1, 0.15) is 24.3 Å². The number of nitrogens with two attached hydrogens (primary N) is 1. The third-order valence-corrected chi connectivity index (χ3v) is 3.40. The molecule has 15 heavy (non-hydrogen) atoms. The number of likely N-dealkylation sites (N-methyl/N-ethyl adjacent to an activating group) is 1. The zero-order chi connectivity index (χ0) is 10.8. The fourth-order valence-electron chi connectivity index (χ4n) is 2.40. The van der Waals surface area contributed by atoms with Crippen molar-refractivity contribution in [1.82, 2.24) is 0 Å². The highest BCUT2D eigenvalue weighted by molar-refractivity contribution is 6.33. The number of benzene rings is 1. The average molecular weight is 225 g/mol. The summed E-state index contributed by atoms with van der Waals surface area (Å²) in [4.78, 5) is 2.25. The molecule has 0 radical (unpaired) electrons. The van der Waals surface area contributed by atoms with Gasteiger partial charge in [-0.05, 0) is 31.0 Å². The van der Waals surface area contributed by atoms with Crippen LogP contribution in [0, 0.1) is 0 Å². The number of hydrogen-bond acceptors (Lipinski definition) is 2. The zero-order valence-corrected chi connectivity index (χ0v) is 9.80. The van der Waals surface area contributed by atoms with Gasteiger partial charge in [0, 0.05) is 19.5 Å². The lowest BCUT2D eigenvalue weighted by Crippen LogP contribution is -2.16. The molecular formula is C12H17ClN2. The van der Waals surface area contributed by atoms with Gasteiger partial charge in [0.2, 0.25) is 0 Å². The molecule has 0 bridgehead atoms. The molecule has 3 heteroatoms. The number of hydrogen-bond donors (Lipinski definition) is 1. The zero-order valence-electron chi connectivity index (χ0n) is 9.04. The second kappa shape index (κ2) is 4.42. The first-order chi connectivity index (χ1) is 7.24. The predicted molar refractivity (Wildman–Crippen MR) is 65.8 cm³/mol. The summed E-state index contributed by atoms with van der Waals surface area (Å²) >= 11 is 6.20. The van der Waals surface area contributed by atoms with Crippen LogP contribution >= 0.6 is 11.6 Å². The van der Waals surface area contributed by atoms with E-state index in [1.54, 1.807) is 0 Å². The lowest BCUT2D eigenvalue weighted by molar-refractivity contribution is 0.621. The van der Waals surface area contributed by atoms with Crippen molar-refractivity contribution in [3.8, 4) is 0 Å². The van der Waals surface area contributed by atoms with E-state index in [1.165, 1.54) is 11.3 Å². The van der Waals surface area contributed by atoms with E-state index in [1.807, 2.05) is 12.1 Å². The van der Waals surface area contributed by atoms with Crippen LogP contribution in [0.5, 0.6) is 0 Å². The molecule has 2 nitrogen and oxygen atoms in total. The quantitative estimate of drug-likeness (QED) is 0.855. The van der Waals surface area contributed by atoms with E-state index in [2.05, 4.69) is 18.0 Å². The SMILES string of the molecule is CN1CC(CCCN)c2cccc(Cl)c21. The van der Waals surface area contributed by atoms with Crippen molar-refractivity contribution in [2.45, 2.75) is 18.8 Å². The minimum atomic E-state index is 0.604. The van der Waals surface area contributed by atoms with Gasteiger partial charge in [-0.3, -0.25) is 0 Å². The molecule has 1 aromatic carbocycles. The Morgan fingerprint density at radius 3 is 3.07 bits per heavy atom. The molecule has 0 aromatic heterocycles. The lowest BCUT2D eigenvalue weighted by atomic mass is 9.96. The fraction of sp³-hybridized carbons (Fsp3) is 0.500. The largest absolute Gasteiger partial charge is 0.373 e. The van der Waals surface area contributed by atoms with E-state index in [9.17, 15) is 0 Å². The highest BCUT2D eigenvalue weighted by Crippen LogP contribution is 2.41. The second-order valence-corrected chi connectivity index (χ2v) is 4.59. The molecule has 1 heterocycles. The van der Waals surface area contributed by atoms with Crippen LogP contribution < -0.4 is 10.6 Å². The molecule has 0 saturated heterocycles. The van der Waals surface area contributed by atoms with E-state index in [4.69, 9.17) is 17.3 Å². The number of fused-ring (bicyclic) bond motifs is 1. The summed E-state index contributed by atoms with van der Waals surface area (Å²) < 4.78 is 0. The molecule has 0 aliphatic carbocycles. The van der Waals surface area contributed by atoms with Crippen LogP contribution in [0.2, 0.25) is 5.02 Å². The normalized spacial score (nSPS) is 19.4. The topological polar surface area (TPSA) is 29.3 Å². The molecule has 1 atom stereocenters. The lowest BCUT2D eigenvalue weighted by Gasteiger charge is -2.13. The van der Waals surface area contributed by atoms with E-state index in [0.717, 1.165) is 31.0 Å². The van der Waals surface area contributed by atoms with Crippen molar-refractivity contribution < 1.29 is 0 Å². The van der Waals surface area contributed by atoms with Crippen LogP contribution in [-0.4, -0.2) is 20.1 Å².